The van der Waals surface area contributed by atoms with Crippen molar-refractivity contribution in [1.82, 2.24) is 15.0 Å². The Hall–Kier alpha value is -7.27. The van der Waals surface area contributed by atoms with Gasteiger partial charge in [0.05, 0.1) is 5.41 Å². The topological polar surface area (TPSA) is 38.7 Å². The van der Waals surface area contributed by atoms with Gasteiger partial charge in [0.2, 0.25) is 0 Å². The average molecular weight is 754 g/mol. The van der Waals surface area contributed by atoms with Crippen molar-refractivity contribution in [1.29, 1.82) is 0 Å². The molecule has 268 valence electrons. The molecular weight excluding hydrogens is 723 g/mol. The van der Waals surface area contributed by atoms with Crippen LogP contribution >= 0.6 is 11.3 Å². The third-order valence-electron chi connectivity index (χ3n) is 12.5. The SMILES string of the molecule is c1ccc(-c2nc(-c3ccc(-c4cccc5c4-c4ccccc4C54c5cccc6ccc7cccc4c7c56)cc3)nc(-c3ccc4sc5ccccc5c4c3)n2)cc1. The zero-order valence-electron chi connectivity index (χ0n) is 31.1. The molecular formula is C54H31N3S. The fourth-order valence-electron chi connectivity index (χ4n) is 10.1. The fourth-order valence-corrected chi connectivity index (χ4v) is 11.2. The van der Waals surface area contributed by atoms with E-state index in [-0.39, 0.29) is 0 Å². The second kappa shape index (κ2) is 11.9. The van der Waals surface area contributed by atoms with Gasteiger partial charge in [0.25, 0.3) is 0 Å². The highest BCUT2D eigenvalue weighted by Crippen LogP contribution is 2.63. The minimum Gasteiger partial charge on any atom is -0.208 e. The minimum atomic E-state index is -0.391. The summed E-state index contributed by atoms with van der Waals surface area (Å²) in [6.07, 6.45) is 0. The van der Waals surface area contributed by atoms with Gasteiger partial charge in [-0.2, -0.15) is 0 Å². The molecule has 0 bridgehead atoms. The van der Waals surface area contributed by atoms with Gasteiger partial charge >= 0.3 is 0 Å². The van der Waals surface area contributed by atoms with Gasteiger partial charge in [-0.05, 0) is 90.3 Å². The van der Waals surface area contributed by atoms with Crippen molar-refractivity contribution in [2.75, 3.05) is 0 Å². The first-order valence-electron chi connectivity index (χ1n) is 19.8. The van der Waals surface area contributed by atoms with Crippen LogP contribution in [0.3, 0.4) is 0 Å². The molecule has 2 heterocycles. The number of hydrogen-bond donors (Lipinski definition) is 0. The summed E-state index contributed by atoms with van der Waals surface area (Å²) in [5.74, 6) is 1.97. The number of benzene rings is 9. The van der Waals surface area contributed by atoms with Crippen LogP contribution < -0.4 is 0 Å². The van der Waals surface area contributed by atoms with Crippen molar-refractivity contribution in [2.45, 2.75) is 5.41 Å². The van der Waals surface area contributed by atoms with E-state index in [1.807, 2.05) is 29.5 Å². The molecule has 0 aliphatic heterocycles. The van der Waals surface area contributed by atoms with Crippen molar-refractivity contribution in [3.8, 4) is 56.4 Å². The molecule has 2 aliphatic rings. The normalized spacial score (nSPS) is 13.3. The van der Waals surface area contributed by atoms with Gasteiger partial charge in [-0.25, -0.2) is 15.0 Å². The first-order valence-corrected chi connectivity index (χ1v) is 20.6. The molecule has 0 saturated carbocycles. The van der Waals surface area contributed by atoms with Crippen molar-refractivity contribution in [3.05, 3.63) is 210 Å². The van der Waals surface area contributed by atoms with Gasteiger partial charge < -0.3 is 0 Å². The van der Waals surface area contributed by atoms with Crippen molar-refractivity contribution >= 4 is 53.1 Å². The molecule has 4 heteroatoms. The van der Waals surface area contributed by atoms with Gasteiger partial charge in [-0.1, -0.05) is 164 Å². The van der Waals surface area contributed by atoms with E-state index in [9.17, 15) is 0 Å². The molecule has 1 spiro atoms. The highest BCUT2D eigenvalue weighted by Gasteiger charge is 2.51. The molecule has 0 saturated heterocycles. The van der Waals surface area contributed by atoms with Gasteiger partial charge in [0, 0.05) is 36.9 Å². The predicted molar refractivity (Wildman–Crippen MR) is 240 cm³/mol. The second-order valence-corrected chi connectivity index (χ2v) is 16.5. The quantitative estimate of drug-likeness (QED) is 0.168. The van der Waals surface area contributed by atoms with Gasteiger partial charge in [0.15, 0.2) is 17.5 Å². The largest absolute Gasteiger partial charge is 0.208 e. The van der Waals surface area contributed by atoms with Gasteiger partial charge in [-0.3, -0.25) is 0 Å². The molecule has 0 radical (unpaired) electrons. The van der Waals surface area contributed by atoms with E-state index in [1.165, 1.54) is 80.7 Å². The molecule has 9 aromatic carbocycles. The van der Waals surface area contributed by atoms with Gasteiger partial charge in [-0.15, -0.1) is 11.3 Å². The molecule has 2 aliphatic carbocycles. The standard InChI is InChI=1S/C54H31N3S/c1-2-11-35(12-3-1)51-55-52(57-53(56-51)37-29-30-47-41(31-37)39-15-5-7-22-46(39)58-47)36-27-23-32(24-28-36)38-17-10-21-45-50(38)40-16-4-6-18-42(40)54(45)43-19-8-13-33-25-26-34-14-9-20-44(54)49(34)48(33)43/h1-31H. The number of thiophene rings is 1. The zero-order valence-corrected chi connectivity index (χ0v) is 32.0. The first kappa shape index (κ1) is 31.9. The number of aromatic nitrogens is 3. The second-order valence-electron chi connectivity index (χ2n) is 15.5. The van der Waals surface area contributed by atoms with E-state index in [2.05, 4.69) is 170 Å². The third kappa shape index (κ3) is 4.30. The van der Waals surface area contributed by atoms with Crippen molar-refractivity contribution < 1.29 is 0 Å². The molecule has 0 N–H and O–H groups in total. The van der Waals surface area contributed by atoms with E-state index in [1.54, 1.807) is 0 Å². The van der Waals surface area contributed by atoms with Crippen molar-refractivity contribution in [3.63, 3.8) is 0 Å². The molecule has 13 rings (SSSR count). The molecule has 0 amide bonds. The molecule has 3 nitrogen and oxygen atoms in total. The van der Waals surface area contributed by atoms with Crippen molar-refractivity contribution in [2.24, 2.45) is 0 Å². The Morgan fingerprint density at radius 2 is 0.879 bits per heavy atom. The van der Waals surface area contributed by atoms with Crippen LogP contribution in [0.1, 0.15) is 22.3 Å². The number of fused-ring (bicyclic) bond motifs is 10. The van der Waals surface area contributed by atoms with Crippen LogP contribution in [0.4, 0.5) is 0 Å². The number of nitrogens with zero attached hydrogens (tertiary/aromatic N) is 3. The Labute approximate surface area is 338 Å². The summed E-state index contributed by atoms with van der Waals surface area (Å²) in [6.45, 7) is 0. The Kier molecular flexibility index (Phi) is 6.53. The molecule has 0 atom stereocenters. The lowest BCUT2D eigenvalue weighted by Crippen LogP contribution is -2.26. The first-order chi connectivity index (χ1) is 28.7. The highest BCUT2D eigenvalue weighted by molar-refractivity contribution is 7.25. The summed E-state index contributed by atoms with van der Waals surface area (Å²) in [4.78, 5) is 15.3. The average Bonchev–Trinajstić information content (AvgIpc) is 3.93. The Balaban J connectivity index is 0.966. The number of hydrogen-bond acceptors (Lipinski definition) is 4. The van der Waals surface area contributed by atoms with E-state index < -0.39 is 5.41 Å². The summed E-state index contributed by atoms with van der Waals surface area (Å²) in [5.41, 5.74) is 12.9. The van der Waals surface area contributed by atoms with E-state index >= 15 is 0 Å². The maximum absolute atomic E-state index is 5.15. The highest BCUT2D eigenvalue weighted by atomic mass is 32.1. The Bertz CT molecular complexity index is 3450. The Morgan fingerprint density at radius 1 is 0.345 bits per heavy atom. The molecule has 11 aromatic rings. The van der Waals surface area contributed by atoms with E-state index in [0.717, 1.165) is 22.3 Å². The van der Waals surface area contributed by atoms with E-state index in [0.29, 0.717) is 17.5 Å². The summed E-state index contributed by atoms with van der Waals surface area (Å²) in [7, 11) is 0. The lowest BCUT2D eigenvalue weighted by Gasteiger charge is -2.31. The molecule has 58 heavy (non-hydrogen) atoms. The smallest absolute Gasteiger partial charge is 0.164 e. The molecule has 0 fully saturated rings. The van der Waals surface area contributed by atoms with Crippen LogP contribution in [-0.2, 0) is 5.41 Å². The van der Waals surface area contributed by atoms with Crippen LogP contribution in [0.25, 0.3) is 98.1 Å². The van der Waals surface area contributed by atoms with Crippen LogP contribution in [-0.4, -0.2) is 15.0 Å². The monoisotopic (exact) mass is 753 g/mol. The van der Waals surface area contributed by atoms with Gasteiger partial charge in [0.1, 0.15) is 0 Å². The Morgan fingerprint density at radius 3 is 1.64 bits per heavy atom. The number of rotatable bonds is 4. The van der Waals surface area contributed by atoms with Crippen LogP contribution in [0.5, 0.6) is 0 Å². The zero-order chi connectivity index (χ0) is 38.0. The predicted octanol–water partition coefficient (Wildman–Crippen LogP) is 13.9. The molecule has 0 unspecified atom stereocenters. The lowest BCUT2D eigenvalue weighted by molar-refractivity contribution is 0.797. The van der Waals surface area contributed by atoms with Crippen LogP contribution in [0.15, 0.2) is 188 Å². The fraction of sp³-hybridized carbons (Fsp3) is 0.0185. The molecule has 2 aromatic heterocycles. The summed E-state index contributed by atoms with van der Waals surface area (Å²) < 4.78 is 2.53. The maximum atomic E-state index is 5.15. The van der Waals surface area contributed by atoms with E-state index in [4.69, 9.17) is 15.0 Å². The lowest BCUT2D eigenvalue weighted by atomic mass is 9.70. The van der Waals surface area contributed by atoms with Crippen LogP contribution in [0, 0.1) is 0 Å². The maximum Gasteiger partial charge on any atom is 0.164 e. The summed E-state index contributed by atoms with van der Waals surface area (Å²) in [6, 6.07) is 68.4. The summed E-state index contributed by atoms with van der Waals surface area (Å²) >= 11 is 1.82. The third-order valence-corrected chi connectivity index (χ3v) is 13.7. The summed E-state index contributed by atoms with van der Waals surface area (Å²) in [5, 5.41) is 7.82. The van der Waals surface area contributed by atoms with Crippen LogP contribution in [0.2, 0.25) is 0 Å². The minimum absolute atomic E-state index is 0.391.